The molecule has 0 atom stereocenters. The van der Waals surface area contributed by atoms with Crippen LogP contribution in [0.15, 0.2) is 42.1 Å². The number of carbonyl (C=O) groups is 2. The van der Waals surface area contributed by atoms with Crippen LogP contribution in [-0.4, -0.2) is 67.5 Å². The minimum atomic E-state index is -1.82. The summed E-state index contributed by atoms with van der Waals surface area (Å²) in [6.45, 7) is 6.02. The lowest BCUT2D eigenvalue weighted by Gasteiger charge is -2.08. The van der Waals surface area contributed by atoms with Gasteiger partial charge in [-0.15, -0.1) is 16.8 Å². The standard InChI is InChI=1S/C15H19ClN4OS.C2H2O4/c1-2-9-20-14(12-3-5-13(16)6-4-12)18-19-15(20)22-11-8-17-7-10-21;3-1(4)2(5)6/h2-6,17,21H,1,7-11H2;(H,3,4)(H,5,6). The number of aliphatic hydroxyl groups is 1. The average Bonchev–Trinajstić information content (AvgIpc) is 3.06. The Morgan fingerprint density at radius 1 is 1.18 bits per heavy atom. The predicted octanol–water partition coefficient (Wildman–Crippen LogP) is 1.61. The van der Waals surface area contributed by atoms with Gasteiger partial charge in [-0.3, -0.25) is 4.57 Å². The summed E-state index contributed by atoms with van der Waals surface area (Å²) in [5, 5.41) is 36.8. The van der Waals surface area contributed by atoms with Gasteiger partial charge in [0.2, 0.25) is 0 Å². The number of aliphatic hydroxyl groups excluding tert-OH is 1. The van der Waals surface area contributed by atoms with Gasteiger partial charge in [-0.2, -0.15) is 0 Å². The molecule has 0 unspecified atom stereocenters. The maximum absolute atomic E-state index is 9.10. The van der Waals surface area contributed by atoms with Crippen molar-refractivity contribution in [1.29, 1.82) is 0 Å². The van der Waals surface area contributed by atoms with Crippen molar-refractivity contribution in [2.24, 2.45) is 0 Å². The second-order valence-electron chi connectivity index (χ2n) is 5.14. The van der Waals surface area contributed by atoms with Crippen molar-refractivity contribution in [2.75, 3.05) is 25.4 Å². The van der Waals surface area contributed by atoms with E-state index in [1.165, 1.54) is 0 Å². The summed E-state index contributed by atoms with van der Waals surface area (Å²) in [6, 6.07) is 7.55. The number of carboxylic acid groups (broad SMARTS) is 2. The SMILES string of the molecule is C=CCn1c(SCCNCCO)nnc1-c1ccc(Cl)cc1.O=C(O)C(=O)O. The highest BCUT2D eigenvalue weighted by molar-refractivity contribution is 7.99. The second-order valence-corrected chi connectivity index (χ2v) is 6.64. The Labute approximate surface area is 171 Å². The van der Waals surface area contributed by atoms with Crippen LogP contribution in [0.5, 0.6) is 0 Å². The van der Waals surface area contributed by atoms with Gasteiger partial charge >= 0.3 is 11.9 Å². The van der Waals surface area contributed by atoms with E-state index in [0.717, 1.165) is 28.8 Å². The molecule has 152 valence electrons. The highest BCUT2D eigenvalue weighted by Crippen LogP contribution is 2.25. The molecule has 0 radical (unpaired) electrons. The monoisotopic (exact) mass is 428 g/mol. The number of benzene rings is 1. The van der Waals surface area contributed by atoms with E-state index in [1.807, 2.05) is 34.9 Å². The molecule has 0 bridgehead atoms. The van der Waals surface area contributed by atoms with Gasteiger partial charge in [0.15, 0.2) is 11.0 Å². The number of thioether (sulfide) groups is 1. The Morgan fingerprint density at radius 3 is 2.36 bits per heavy atom. The lowest BCUT2D eigenvalue weighted by atomic mass is 10.2. The minimum Gasteiger partial charge on any atom is -0.473 e. The number of aromatic nitrogens is 3. The van der Waals surface area contributed by atoms with Crippen LogP contribution in [0, 0.1) is 0 Å². The molecule has 2 rings (SSSR count). The number of nitrogens with zero attached hydrogens (tertiary/aromatic N) is 3. The van der Waals surface area contributed by atoms with Crippen molar-refractivity contribution in [3.63, 3.8) is 0 Å². The molecule has 0 saturated carbocycles. The zero-order chi connectivity index (χ0) is 20.9. The minimum absolute atomic E-state index is 0.151. The Kier molecular flexibility index (Phi) is 10.9. The summed E-state index contributed by atoms with van der Waals surface area (Å²) in [6.07, 6.45) is 1.83. The summed E-state index contributed by atoms with van der Waals surface area (Å²) < 4.78 is 2.03. The number of rotatable bonds is 9. The number of nitrogens with one attached hydrogen (secondary N) is 1. The number of carboxylic acids is 2. The summed E-state index contributed by atoms with van der Waals surface area (Å²) in [5.74, 6) is -1.98. The van der Waals surface area contributed by atoms with E-state index < -0.39 is 11.9 Å². The third kappa shape index (κ3) is 8.09. The van der Waals surface area contributed by atoms with Gasteiger partial charge in [0.05, 0.1) is 6.61 Å². The highest BCUT2D eigenvalue weighted by Gasteiger charge is 2.13. The fourth-order valence-electron chi connectivity index (χ4n) is 1.92. The van der Waals surface area contributed by atoms with E-state index in [1.54, 1.807) is 11.8 Å². The molecule has 1 aromatic carbocycles. The van der Waals surface area contributed by atoms with E-state index in [9.17, 15) is 0 Å². The number of aliphatic carboxylic acids is 2. The molecule has 1 heterocycles. The third-order valence-corrected chi connectivity index (χ3v) is 4.33. The predicted molar refractivity (Wildman–Crippen MR) is 107 cm³/mol. The summed E-state index contributed by atoms with van der Waals surface area (Å²) in [7, 11) is 0. The molecule has 0 amide bonds. The van der Waals surface area contributed by atoms with E-state index >= 15 is 0 Å². The molecule has 11 heteroatoms. The topological polar surface area (TPSA) is 138 Å². The molecule has 28 heavy (non-hydrogen) atoms. The van der Waals surface area contributed by atoms with Crippen LogP contribution in [0.1, 0.15) is 0 Å². The number of hydrogen-bond acceptors (Lipinski definition) is 7. The summed E-state index contributed by atoms with van der Waals surface area (Å²) in [5.41, 5.74) is 0.976. The number of hydrogen-bond donors (Lipinski definition) is 4. The van der Waals surface area contributed by atoms with Crippen LogP contribution in [0.2, 0.25) is 5.02 Å². The maximum Gasteiger partial charge on any atom is 0.414 e. The average molecular weight is 429 g/mol. The lowest BCUT2D eigenvalue weighted by Crippen LogP contribution is -2.20. The molecule has 2 aromatic rings. The summed E-state index contributed by atoms with van der Waals surface area (Å²) in [4.78, 5) is 18.2. The van der Waals surface area contributed by atoms with Crippen molar-refractivity contribution < 1.29 is 24.9 Å². The van der Waals surface area contributed by atoms with Crippen molar-refractivity contribution in [3.8, 4) is 11.4 Å². The van der Waals surface area contributed by atoms with Crippen LogP contribution >= 0.6 is 23.4 Å². The highest BCUT2D eigenvalue weighted by atomic mass is 35.5. The van der Waals surface area contributed by atoms with Crippen LogP contribution in [0.4, 0.5) is 0 Å². The van der Waals surface area contributed by atoms with Crippen molar-refractivity contribution in [2.45, 2.75) is 11.7 Å². The first-order valence-electron chi connectivity index (χ1n) is 8.11. The van der Waals surface area contributed by atoms with Crippen LogP contribution in [-0.2, 0) is 16.1 Å². The van der Waals surface area contributed by atoms with E-state index in [2.05, 4.69) is 22.1 Å². The van der Waals surface area contributed by atoms with Crippen LogP contribution in [0.25, 0.3) is 11.4 Å². The van der Waals surface area contributed by atoms with Crippen molar-refractivity contribution in [1.82, 2.24) is 20.1 Å². The van der Waals surface area contributed by atoms with Gasteiger partial charge in [0.25, 0.3) is 0 Å². The molecule has 9 nitrogen and oxygen atoms in total. The zero-order valence-electron chi connectivity index (χ0n) is 14.9. The van der Waals surface area contributed by atoms with Gasteiger partial charge in [-0.05, 0) is 24.3 Å². The van der Waals surface area contributed by atoms with Gasteiger partial charge in [0.1, 0.15) is 0 Å². The molecule has 4 N–H and O–H groups in total. The molecule has 0 aliphatic rings. The van der Waals surface area contributed by atoms with Gasteiger partial charge in [-0.25, -0.2) is 9.59 Å². The van der Waals surface area contributed by atoms with Crippen LogP contribution in [0.3, 0.4) is 0 Å². The fourth-order valence-corrected chi connectivity index (χ4v) is 2.89. The first-order valence-corrected chi connectivity index (χ1v) is 9.47. The number of halogens is 1. The zero-order valence-corrected chi connectivity index (χ0v) is 16.5. The molecule has 0 fully saturated rings. The Bertz CT molecular complexity index is 770. The van der Waals surface area contributed by atoms with E-state index in [-0.39, 0.29) is 6.61 Å². The van der Waals surface area contributed by atoms with Gasteiger partial charge in [0, 0.05) is 36.0 Å². The lowest BCUT2D eigenvalue weighted by molar-refractivity contribution is -0.159. The normalized spacial score (nSPS) is 10.1. The van der Waals surface area contributed by atoms with Crippen molar-refractivity contribution in [3.05, 3.63) is 41.9 Å². The molecule has 0 aliphatic carbocycles. The molecule has 0 saturated heterocycles. The van der Waals surface area contributed by atoms with E-state index in [0.29, 0.717) is 18.1 Å². The molecule has 1 aromatic heterocycles. The summed E-state index contributed by atoms with van der Waals surface area (Å²) >= 11 is 7.56. The molecular weight excluding hydrogens is 408 g/mol. The van der Waals surface area contributed by atoms with E-state index in [4.69, 9.17) is 36.5 Å². The molecule has 0 spiro atoms. The second kappa shape index (κ2) is 12.9. The largest absolute Gasteiger partial charge is 0.473 e. The Hall–Kier alpha value is -2.40. The third-order valence-electron chi connectivity index (χ3n) is 3.11. The first kappa shape index (κ1) is 23.6. The Morgan fingerprint density at radius 2 is 1.82 bits per heavy atom. The van der Waals surface area contributed by atoms with Gasteiger partial charge < -0.3 is 20.6 Å². The quantitative estimate of drug-likeness (QED) is 0.203. The number of allylic oxidation sites excluding steroid dienone is 1. The molecular formula is C17H21ClN4O5S. The van der Waals surface area contributed by atoms with Gasteiger partial charge in [-0.1, -0.05) is 29.4 Å². The maximum atomic E-state index is 9.10. The smallest absolute Gasteiger partial charge is 0.414 e. The fraction of sp³-hybridized carbons (Fsp3) is 0.294. The Balaban J connectivity index is 0.000000568. The first-order chi connectivity index (χ1) is 13.4. The van der Waals surface area contributed by atoms with Crippen LogP contribution < -0.4 is 5.32 Å². The molecule has 0 aliphatic heterocycles. The van der Waals surface area contributed by atoms with Crippen molar-refractivity contribution >= 4 is 35.3 Å².